The Balaban J connectivity index is 1.76. The van der Waals surface area contributed by atoms with E-state index in [9.17, 15) is 4.39 Å². The van der Waals surface area contributed by atoms with Crippen molar-refractivity contribution in [2.75, 3.05) is 23.3 Å². The molecule has 1 saturated heterocycles. The van der Waals surface area contributed by atoms with Crippen molar-refractivity contribution < 1.29 is 4.39 Å². The van der Waals surface area contributed by atoms with E-state index in [2.05, 4.69) is 25.4 Å². The highest BCUT2D eigenvalue weighted by Gasteiger charge is 2.13. The Morgan fingerprint density at radius 2 is 1.90 bits per heavy atom. The Morgan fingerprint density at radius 3 is 2.67 bits per heavy atom. The van der Waals surface area contributed by atoms with Crippen LogP contribution in [0.2, 0.25) is 0 Å². The molecule has 0 unspecified atom stereocenters. The number of nitrogens with zero attached hydrogens (tertiary/aromatic N) is 4. The Hall–Kier alpha value is -2.24. The highest BCUT2D eigenvalue weighted by molar-refractivity contribution is 5.56. The SMILES string of the molecule is Fc1cccc(Nc2cnnc(N3CCCCCC3)n2)c1. The summed E-state index contributed by atoms with van der Waals surface area (Å²) in [6.07, 6.45) is 6.37. The topological polar surface area (TPSA) is 53.9 Å². The van der Waals surface area contributed by atoms with Gasteiger partial charge in [0.15, 0.2) is 5.82 Å². The maximum atomic E-state index is 13.2. The molecular formula is C15H18FN5. The number of aromatic nitrogens is 3. The highest BCUT2D eigenvalue weighted by Crippen LogP contribution is 2.18. The van der Waals surface area contributed by atoms with Gasteiger partial charge in [-0.1, -0.05) is 18.9 Å². The van der Waals surface area contributed by atoms with E-state index in [0.717, 1.165) is 25.9 Å². The average Bonchev–Trinajstić information content (AvgIpc) is 2.77. The van der Waals surface area contributed by atoms with Crippen LogP contribution in [0.25, 0.3) is 0 Å². The molecule has 6 heteroatoms. The fraction of sp³-hybridized carbons (Fsp3) is 0.400. The average molecular weight is 287 g/mol. The lowest BCUT2D eigenvalue weighted by Crippen LogP contribution is -2.26. The predicted octanol–water partition coefficient (Wildman–Crippen LogP) is 3.13. The molecule has 110 valence electrons. The van der Waals surface area contributed by atoms with Gasteiger partial charge in [0, 0.05) is 18.8 Å². The summed E-state index contributed by atoms with van der Waals surface area (Å²) in [5.74, 6) is 0.933. The molecule has 1 fully saturated rings. The van der Waals surface area contributed by atoms with Gasteiger partial charge in [0.1, 0.15) is 5.82 Å². The van der Waals surface area contributed by atoms with Crippen LogP contribution in [0.4, 0.5) is 21.8 Å². The van der Waals surface area contributed by atoms with Crippen LogP contribution in [0.1, 0.15) is 25.7 Å². The van der Waals surface area contributed by atoms with Crippen molar-refractivity contribution in [2.24, 2.45) is 0 Å². The van der Waals surface area contributed by atoms with E-state index in [4.69, 9.17) is 0 Å². The molecule has 1 aliphatic rings. The van der Waals surface area contributed by atoms with E-state index in [1.165, 1.54) is 25.0 Å². The molecule has 3 rings (SSSR count). The van der Waals surface area contributed by atoms with Gasteiger partial charge in [0.2, 0.25) is 5.95 Å². The molecule has 0 saturated carbocycles. The first-order valence-electron chi connectivity index (χ1n) is 7.28. The van der Waals surface area contributed by atoms with Crippen LogP contribution in [-0.2, 0) is 0 Å². The van der Waals surface area contributed by atoms with Crippen LogP contribution < -0.4 is 10.2 Å². The van der Waals surface area contributed by atoms with Gasteiger partial charge in [-0.3, -0.25) is 0 Å². The van der Waals surface area contributed by atoms with Crippen LogP contribution in [-0.4, -0.2) is 28.3 Å². The third-order valence-corrected chi connectivity index (χ3v) is 3.53. The Morgan fingerprint density at radius 1 is 1.10 bits per heavy atom. The molecular weight excluding hydrogens is 269 g/mol. The van der Waals surface area contributed by atoms with E-state index < -0.39 is 0 Å². The number of hydrogen-bond donors (Lipinski definition) is 1. The van der Waals surface area contributed by atoms with Gasteiger partial charge in [0.05, 0.1) is 6.20 Å². The van der Waals surface area contributed by atoms with E-state index >= 15 is 0 Å². The molecule has 1 N–H and O–H groups in total. The molecule has 21 heavy (non-hydrogen) atoms. The number of halogens is 1. The van der Waals surface area contributed by atoms with Crippen molar-refractivity contribution >= 4 is 17.5 Å². The van der Waals surface area contributed by atoms with Crippen LogP contribution >= 0.6 is 0 Å². The molecule has 5 nitrogen and oxygen atoms in total. The fourth-order valence-corrected chi connectivity index (χ4v) is 2.47. The lowest BCUT2D eigenvalue weighted by Gasteiger charge is -2.19. The van der Waals surface area contributed by atoms with Crippen molar-refractivity contribution in [2.45, 2.75) is 25.7 Å². The molecule has 1 aromatic carbocycles. The molecule has 0 atom stereocenters. The molecule has 1 aliphatic heterocycles. The van der Waals surface area contributed by atoms with Gasteiger partial charge in [-0.25, -0.2) is 4.39 Å². The molecule has 0 spiro atoms. The van der Waals surface area contributed by atoms with Crippen LogP contribution in [0, 0.1) is 5.82 Å². The van der Waals surface area contributed by atoms with E-state index in [0.29, 0.717) is 17.5 Å². The molecule has 0 bridgehead atoms. The summed E-state index contributed by atoms with van der Waals surface area (Å²) in [6.45, 7) is 1.93. The van der Waals surface area contributed by atoms with E-state index in [1.807, 2.05) is 0 Å². The second-order valence-corrected chi connectivity index (χ2v) is 5.18. The van der Waals surface area contributed by atoms with Crippen LogP contribution in [0.15, 0.2) is 30.5 Å². The summed E-state index contributed by atoms with van der Waals surface area (Å²) >= 11 is 0. The zero-order chi connectivity index (χ0) is 14.5. The predicted molar refractivity (Wildman–Crippen MR) is 80.2 cm³/mol. The number of anilines is 3. The van der Waals surface area contributed by atoms with Gasteiger partial charge in [-0.2, -0.15) is 10.1 Å². The summed E-state index contributed by atoms with van der Waals surface area (Å²) in [4.78, 5) is 6.65. The largest absolute Gasteiger partial charge is 0.339 e. The van der Waals surface area contributed by atoms with Crippen molar-refractivity contribution in [3.05, 3.63) is 36.3 Å². The second-order valence-electron chi connectivity index (χ2n) is 5.18. The van der Waals surface area contributed by atoms with Gasteiger partial charge in [-0.15, -0.1) is 5.10 Å². The monoisotopic (exact) mass is 287 g/mol. The van der Waals surface area contributed by atoms with Gasteiger partial charge < -0.3 is 10.2 Å². The van der Waals surface area contributed by atoms with Gasteiger partial charge in [-0.05, 0) is 31.0 Å². The lowest BCUT2D eigenvalue weighted by molar-refractivity contribution is 0.628. The molecule has 0 amide bonds. The first-order valence-corrected chi connectivity index (χ1v) is 7.28. The normalized spacial score (nSPS) is 15.6. The smallest absolute Gasteiger partial charge is 0.247 e. The standard InChI is InChI=1S/C15H18FN5/c16-12-6-5-7-13(10-12)18-14-11-17-20-15(19-14)21-8-3-1-2-4-9-21/h5-7,10-11H,1-4,8-9H2,(H,18,19,20). The zero-order valence-electron chi connectivity index (χ0n) is 11.8. The maximum absolute atomic E-state index is 13.2. The minimum absolute atomic E-state index is 0.283. The van der Waals surface area contributed by atoms with Gasteiger partial charge in [0.25, 0.3) is 0 Å². The third-order valence-electron chi connectivity index (χ3n) is 3.53. The summed E-state index contributed by atoms with van der Waals surface area (Å²) in [5, 5.41) is 11.2. The zero-order valence-corrected chi connectivity index (χ0v) is 11.8. The lowest BCUT2D eigenvalue weighted by atomic mass is 10.2. The van der Waals surface area contributed by atoms with Crippen molar-refractivity contribution in [1.82, 2.24) is 15.2 Å². The summed E-state index contributed by atoms with van der Waals surface area (Å²) < 4.78 is 13.2. The third kappa shape index (κ3) is 3.65. The van der Waals surface area contributed by atoms with Crippen molar-refractivity contribution in [3.8, 4) is 0 Å². The second kappa shape index (κ2) is 6.47. The summed E-state index contributed by atoms with van der Waals surface area (Å²) in [6, 6.07) is 6.28. The number of rotatable bonds is 3. The summed E-state index contributed by atoms with van der Waals surface area (Å²) in [5.41, 5.74) is 0.650. The maximum Gasteiger partial charge on any atom is 0.247 e. The van der Waals surface area contributed by atoms with Gasteiger partial charge >= 0.3 is 0 Å². The minimum Gasteiger partial charge on any atom is -0.339 e. The van der Waals surface area contributed by atoms with Crippen molar-refractivity contribution in [1.29, 1.82) is 0 Å². The number of benzene rings is 1. The number of hydrogen-bond acceptors (Lipinski definition) is 5. The number of nitrogens with one attached hydrogen (secondary N) is 1. The fourth-order valence-electron chi connectivity index (χ4n) is 2.47. The quantitative estimate of drug-likeness (QED) is 0.940. The minimum atomic E-state index is -0.283. The molecule has 0 radical (unpaired) electrons. The molecule has 0 aliphatic carbocycles. The van der Waals surface area contributed by atoms with E-state index in [1.54, 1.807) is 18.3 Å². The van der Waals surface area contributed by atoms with Crippen LogP contribution in [0.5, 0.6) is 0 Å². The first kappa shape index (κ1) is 13.7. The highest BCUT2D eigenvalue weighted by atomic mass is 19.1. The van der Waals surface area contributed by atoms with Crippen molar-refractivity contribution in [3.63, 3.8) is 0 Å². The first-order chi connectivity index (χ1) is 10.3. The molecule has 2 heterocycles. The Kier molecular flexibility index (Phi) is 4.23. The van der Waals surface area contributed by atoms with Crippen LogP contribution in [0.3, 0.4) is 0 Å². The Labute approximate surface area is 123 Å². The van der Waals surface area contributed by atoms with E-state index in [-0.39, 0.29) is 5.82 Å². The summed E-state index contributed by atoms with van der Waals surface area (Å²) in [7, 11) is 0. The Bertz CT molecular complexity index is 596. The molecule has 2 aromatic rings. The molecule has 1 aromatic heterocycles.